The van der Waals surface area contributed by atoms with E-state index >= 15 is 0 Å². The topological polar surface area (TPSA) is 58.6 Å². The van der Waals surface area contributed by atoms with Gasteiger partial charge in [0.15, 0.2) is 6.61 Å². The van der Waals surface area contributed by atoms with Gasteiger partial charge >= 0.3 is 5.97 Å². The minimum Gasteiger partial charge on any atom is -0.455 e. The average molecular weight is 387 g/mol. The van der Waals surface area contributed by atoms with Gasteiger partial charge in [-0.05, 0) is 37.5 Å². The standard InChI is InChI=1S/C16H19ClN2O3S2/c1-11-4-5-12(17)8-13(11)18-14(20)9-22-15(21)10-24-16(23)19-6-2-3-7-19/h4-5,8H,2-3,6-7,9-10H2,1H3,(H,18,20). The Morgan fingerprint density at radius 2 is 2.08 bits per heavy atom. The monoisotopic (exact) mass is 386 g/mol. The summed E-state index contributed by atoms with van der Waals surface area (Å²) in [5.74, 6) is -0.751. The van der Waals surface area contributed by atoms with Gasteiger partial charge in [-0.2, -0.15) is 0 Å². The Morgan fingerprint density at radius 3 is 2.79 bits per heavy atom. The molecule has 0 radical (unpaired) electrons. The molecule has 1 aromatic rings. The van der Waals surface area contributed by atoms with E-state index in [9.17, 15) is 9.59 Å². The molecule has 0 unspecified atom stereocenters. The first-order valence-corrected chi connectivity index (χ1v) is 9.36. The molecule has 1 aliphatic heterocycles. The van der Waals surface area contributed by atoms with Gasteiger partial charge in [0.2, 0.25) is 0 Å². The third-order valence-corrected chi connectivity index (χ3v) is 5.25. The number of nitrogens with zero attached hydrogens (tertiary/aromatic N) is 1. The molecule has 0 atom stereocenters. The van der Waals surface area contributed by atoms with Gasteiger partial charge in [0, 0.05) is 23.8 Å². The minimum atomic E-state index is -0.459. The quantitative estimate of drug-likeness (QED) is 0.619. The van der Waals surface area contributed by atoms with Crippen molar-refractivity contribution in [1.82, 2.24) is 4.90 Å². The first kappa shape index (κ1) is 19.0. The number of amides is 1. The molecule has 2 rings (SSSR count). The summed E-state index contributed by atoms with van der Waals surface area (Å²) in [6.07, 6.45) is 2.27. The van der Waals surface area contributed by atoms with Gasteiger partial charge in [0.05, 0.1) is 5.75 Å². The number of aryl methyl sites for hydroxylation is 1. The average Bonchev–Trinajstić information content (AvgIpc) is 3.08. The molecule has 0 aromatic heterocycles. The van der Waals surface area contributed by atoms with Crippen molar-refractivity contribution in [3.63, 3.8) is 0 Å². The predicted molar refractivity (Wildman–Crippen MR) is 102 cm³/mol. The van der Waals surface area contributed by atoms with Gasteiger partial charge in [-0.1, -0.05) is 41.6 Å². The second kappa shape index (κ2) is 9.25. The first-order chi connectivity index (χ1) is 11.5. The van der Waals surface area contributed by atoms with Crippen LogP contribution in [0.4, 0.5) is 5.69 Å². The highest BCUT2D eigenvalue weighted by Gasteiger charge is 2.17. The first-order valence-electron chi connectivity index (χ1n) is 7.59. The minimum absolute atomic E-state index is 0.110. The Labute approximate surface area is 156 Å². The summed E-state index contributed by atoms with van der Waals surface area (Å²) in [7, 11) is 0. The highest BCUT2D eigenvalue weighted by Crippen LogP contribution is 2.20. The van der Waals surface area contributed by atoms with E-state index in [1.165, 1.54) is 11.8 Å². The van der Waals surface area contributed by atoms with E-state index in [0.717, 1.165) is 31.5 Å². The largest absolute Gasteiger partial charge is 0.455 e. The van der Waals surface area contributed by atoms with E-state index < -0.39 is 11.9 Å². The number of likely N-dealkylation sites (tertiary alicyclic amines) is 1. The van der Waals surface area contributed by atoms with Crippen molar-refractivity contribution >= 4 is 57.5 Å². The Kier molecular flexibility index (Phi) is 7.33. The van der Waals surface area contributed by atoms with Crippen LogP contribution in [0.15, 0.2) is 18.2 Å². The Morgan fingerprint density at radius 1 is 1.38 bits per heavy atom. The second-order valence-electron chi connectivity index (χ2n) is 5.42. The highest BCUT2D eigenvalue weighted by molar-refractivity contribution is 8.23. The van der Waals surface area contributed by atoms with E-state index in [0.29, 0.717) is 15.0 Å². The molecule has 0 aliphatic carbocycles. The number of rotatable bonds is 5. The molecule has 0 spiro atoms. The maximum Gasteiger partial charge on any atom is 0.316 e. The summed E-state index contributed by atoms with van der Waals surface area (Å²) in [6.45, 7) is 3.42. The third kappa shape index (κ3) is 5.96. The summed E-state index contributed by atoms with van der Waals surface area (Å²) in [5.41, 5.74) is 1.48. The summed E-state index contributed by atoms with van der Waals surface area (Å²) in [4.78, 5) is 25.7. The molecule has 1 heterocycles. The zero-order valence-corrected chi connectivity index (χ0v) is 15.7. The van der Waals surface area contributed by atoms with Crippen LogP contribution in [-0.2, 0) is 14.3 Å². The SMILES string of the molecule is Cc1ccc(Cl)cc1NC(=O)COC(=O)CSC(=S)N1CCCC1. The van der Waals surface area contributed by atoms with Crippen molar-refractivity contribution in [1.29, 1.82) is 0 Å². The van der Waals surface area contributed by atoms with Gasteiger partial charge in [0.1, 0.15) is 4.32 Å². The molecule has 5 nitrogen and oxygen atoms in total. The Balaban J connectivity index is 1.70. The van der Waals surface area contributed by atoms with Crippen LogP contribution in [0.3, 0.4) is 0 Å². The molecule has 0 bridgehead atoms. The number of nitrogens with one attached hydrogen (secondary N) is 1. The van der Waals surface area contributed by atoms with Crippen molar-refractivity contribution in [2.75, 3.05) is 30.8 Å². The molecule has 1 amide bonds. The van der Waals surface area contributed by atoms with E-state index in [1.807, 2.05) is 6.92 Å². The molecule has 1 N–H and O–H groups in total. The number of thioether (sulfide) groups is 1. The van der Waals surface area contributed by atoms with Crippen LogP contribution >= 0.6 is 35.6 Å². The van der Waals surface area contributed by atoms with Crippen molar-refractivity contribution in [2.24, 2.45) is 0 Å². The number of carbonyl (C=O) groups excluding carboxylic acids is 2. The number of esters is 1. The normalized spacial score (nSPS) is 13.7. The summed E-state index contributed by atoms with van der Waals surface area (Å²) in [6, 6.07) is 5.20. The maximum atomic E-state index is 11.9. The van der Waals surface area contributed by atoms with Crippen LogP contribution in [0.5, 0.6) is 0 Å². The molecule has 1 fully saturated rings. The van der Waals surface area contributed by atoms with Gasteiger partial charge in [-0.25, -0.2) is 0 Å². The molecule has 8 heteroatoms. The van der Waals surface area contributed by atoms with Crippen molar-refractivity contribution in [3.8, 4) is 0 Å². The predicted octanol–water partition coefficient (Wildman–Crippen LogP) is 3.24. The maximum absolute atomic E-state index is 11.9. The van der Waals surface area contributed by atoms with E-state index in [-0.39, 0.29) is 12.4 Å². The van der Waals surface area contributed by atoms with E-state index in [1.54, 1.807) is 18.2 Å². The number of halogens is 1. The molecule has 1 aromatic carbocycles. The summed E-state index contributed by atoms with van der Waals surface area (Å²) < 4.78 is 5.69. The van der Waals surface area contributed by atoms with E-state index in [4.69, 9.17) is 28.6 Å². The Hall–Kier alpha value is -1.31. The fourth-order valence-corrected chi connectivity index (χ4v) is 3.44. The number of benzene rings is 1. The van der Waals surface area contributed by atoms with Crippen LogP contribution < -0.4 is 5.32 Å². The number of ether oxygens (including phenoxy) is 1. The highest BCUT2D eigenvalue weighted by atomic mass is 35.5. The fraction of sp³-hybridized carbons (Fsp3) is 0.438. The summed E-state index contributed by atoms with van der Waals surface area (Å²) in [5, 5.41) is 3.20. The van der Waals surface area contributed by atoms with Gasteiger partial charge in [-0.3, -0.25) is 9.59 Å². The number of carbonyl (C=O) groups is 2. The lowest BCUT2D eigenvalue weighted by atomic mass is 10.2. The van der Waals surface area contributed by atoms with E-state index in [2.05, 4.69) is 10.2 Å². The molecule has 130 valence electrons. The lowest BCUT2D eigenvalue weighted by Gasteiger charge is -2.17. The second-order valence-corrected chi connectivity index (χ2v) is 7.46. The fourth-order valence-electron chi connectivity index (χ4n) is 2.21. The van der Waals surface area contributed by atoms with Crippen LogP contribution in [0, 0.1) is 6.92 Å². The van der Waals surface area contributed by atoms with Crippen molar-refractivity contribution in [3.05, 3.63) is 28.8 Å². The van der Waals surface area contributed by atoms with Crippen LogP contribution in [0.1, 0.15) is 18.4 Å². The molecular formula is C16H19ClN2O3S2. The van der Waals surface area contributed by atoms with Gasteiger partial charge < -0.3 is 15.0 Å². The molecule has 1 aliphatic rings. The summed E-state index contributed by atoms with van der Waals surface area (Å²) >= 11 is 12.4. The number of hydrogen-bond acceptors (Lipinski definition) is 5. The lowest BCUT2D eigenvalue weighted by molar-refractivity contribution is -0.144. The molecule has 0 saturated carbocycles. The Bertz CT molecular complexity index is 634. The number of hydrogen-bond donors (Lipinski definition) is 1. The molecule has 24 heavy (non-hydrogen) atoms. The van der Waals surface area contributed by atoms with Gasteiger partial charge in [-0.15, -0.1) is 0 Å². The van der Waals surface area contributed by atoms with Crippen molar-refractivity contribution in [2.45, 2.75) is 19.8 Å². The zero-order chi connectivity index (χ0) is 17.5. The molecular weight excluding hydrogens is 368 g/mol. The smallest absolute Gasteiger partial charge is 0.316 e. The zero-order valence-electron chi connectivity index (χ0n) is 13.3. The lowest BCUT2D eigenvalue weighted by Crippen LogP contribution is -2.25. The van der Waals surface area contributed by atoms with Crippen molar-refractivity contribution < 1.29 is 14.3 Å². The molecule has 1 saturated heterocycles. The number of anilines is 1. The van der Waals surface area contributed by atoms with Crippen LogP contribution in [0.2, 0.25) is 5.02 Å². The van der Waals surface area contributed by atoms with Crippen LogP contribution in [-0.4, -0.2) is 46.5 Å². The number of thiocarbonyl (C=S) groups is 1. The third-order valence-electron chi connectivity index (χ3n) is 3.52. The van der Waals surface area contributed by atoms with Crippen LogP contribution in [0.25, 0.3) is 0 Å². The van der Waals surface area contributed by atoms with Gasteiger partial charge in [0.25, 0.3) is 5.91 Å².